The molecule has 1 N–H and O–H groups in total. The molecule has 0 unspecified atom stereocenters. The Kier molecular flexibility index (Phi) is 5.38. The summed E-state index contributed by atoms with van der Waals surface area (Å²) in [6.45, 7) is 9.69. The van der Waals surface area contributed by atoms with E-state index in [1.807, 2.05) is 6.07 Å². The highest BCUT2D eigenvalue weighted by Crippen LogP contribution is 2.38. The lowest BCUT2D eigenvalue weighted by Gasteiger charge is -2.42. The molecule has 0 saturated carbocycles. The van der Waals surface area contributed by atoms with Gasteiger partial charge < -0.3 is 4.90 Å². The fourth-order valence-electron chi connectivity index (χ4n) is 3.62. The number of anilines is 1. The summed E-state index contributed by atoms with van der Waals surface area (Å²) in [7, 11) is 0. The second kappa shape index (κ2) is 7.57. The quantitative estimate of drug-likeness (QED) is 0.589. The number of benzene rings is 2. The van der Waals surface area contributed by atoms with E-state index < -0.39 is 0 Å². The Bertz CT molecular complexity index is 931. The van der Waals surface area contributed by atoms with Crippen LogP contribution in [0.25, 0.3) is 5.57 Å². The first kappa shape index (κ1) is 19.2. The van der Waals surface area contributed by atoms with Crippen LogP contribution in [0.5, 0.6) is 0 Å². The number of fused-ring (bicyclic) bond motifs is 1. The van der Waals surface area contributed by atoms with Gasteiger partial charge in [-0.1, -0.05) is 29.8 Å². The minimum atomic E-state index is -0.290. The molecule has 1 aliphatic heterocycles. The number of amides is 1. The van der Waals surface area contributed by atoms with Gasteiger partial charge in [0.2, 0.25) is 0 Å². The Balaban J connectivity index is 1.79. The van der Waals surface area contributed by atoms with E-state index in [1.54, 1.807) is 30.5 Å². The lowest BCUT2D eigenvalue weighted by molar-refractivity contribution is 0.0955. The van der Waals surface area contributed by atoms with Crippen LogP contribution in [-0.4, -0.2) is 24.2 Å². The average molecular weight is 382 g/mol. The molecule has 0 bridgehead atoms. The Hall–Kier alpha value is -2.59. The number of rotatable bonds is 4. The van der Waals surface area contributed by atoms with Crippen LogP contribution in [0.2, 0.25) is 5.02 Å². The maximum atomic E-state index is 12.1. The fraction of sp³-hybridized carbons (Fsp3) is 0.273. The van der Waals surface area contributed by atoms with Crippen molar-refractivity contribution >= 4 is 35.0 Å². The molecule has 4 nitrogen and oxygen atoms in total. The van der Waals surface area contributed by atoms with Gasteiger partial charge in [0.25, 0.3) is 5.91 Å². The van der Waals surface area contributed by atoms with Crippen LogP contribution in [0.15, 0.2) is 53.6 Å². The number of halogens is 1. The topological polar surface area (TPSA) is 44.7 Å². The minimum Gasteiger partial charge on any atom is -0.363 e. The Morgan fingerprint density at radius 3 is 2.74 bits per heavy atom. The van der Waals surface area contributed by atoms with E-state index in [4.69, 9.17) is 11.6 Å². The van der Waals surface area contributed by atoms with E-state index in [1.165, 1.54) is 16.8 Å². The molecule has 0 radical (unpaired) electrons. The summed E-state index contributed by atoms with van der Waals surface area (Å²) < 4.78 is 0. The molecule has 0 saturated heterocycles. The van der Waals surface area contributed by atoms with Gasteiger partial charge in [-0.25, -0.2) is 5.43 Å². The van der Waals surface area contributed by atoms with Crippen molar-refractivity contribution in [2.75, 3.05) is 11.4 Å². The summed E-state index contributed by atoms with van der Waals surface area (Å²) in [6.07, 6.45) is 3.95. The second-order valence-corrected chi connectivity index (χ2v) is 7.65. The first-order valence-corrected chi connectivity index (χ1v) is 9.40. The SMILES string of the molecule is CCN1c2ccc(/C=N\NC(=O)c3cccc(Cl)c3)cc2C(C)=CC1(C)C. The number of hydrogen-bond acceptors (Lipinski definition) is 3. The maximum Gasteiger partial charge on any atom is 0.271 e. The van der Waals surface area contributed by atoms with E-state index in [0.717, 1.165) is 12.1 Å². The van der Waals surface area contributed by atoms with Gasteiger partial charge in [0, 0.05) is 28.4 Å². The number of likely N-dealkylation sites (N-methyl/N-ethyl adjacent to an activating group) is 1. The number of hydrazone groups is 1. The van der Waals surface area contributed by atoms with Gasteiger partial charge in [-0.2, -0.15) is 5.10 Å². The predicted molar refractivity (Wildman–Crippen MR) is 114 cm³/mol. The molecule has 0 aliphatic carbocycles. The first-order chi connectivity index (χ1) is 12.8. The molecule has 2 aromatic carbocycles. The van der Waals surface area contributed by atoms with E-state index in [9.17, 15) is 4.79 Å². The van der Waals surface area contributed by atoms with E-state index in [2.05, 4.69) is 61.3 Å². The molecule has 0 aromatic heterocycles. The standard InChI is InChI=1S/C22H24ClN3O/c1-5-26-20-10-9-16(11-19(20)15(2)13-22(26,3)4)14-24-25-21(27)17-7-6-8-18(23)12-17/h6-14H,5H2,1-4H3,(H,25,27)/b24-14-. The molecule has 3 rings (SSSR count). The third kappa shape index (κ3) is 4.06. The fourth-order valence-corrected chi connectivity index (χ4v) is 3.81. The van der Waals surface area contributed by atoms with Crippen molar-refractivity contribution < 1.29 is 4.79 Å². The van der Waals surface area contributed by atoms with Crippen molar-refractivity contribution in [3.8, 4) is 0 Å². The van der Waals surface area contributed by atoms with Crippen molar-refractivity contribution in [3.63, 3.8) is 0 Å². The highest BCUT2D eigenvalue weighted by molar-refractivity contribution is 6.30. The highest BCUT2D eigenvalue weighted by Gasteiger charge is 2.29. The highest BCUT2D eigenvalue weighted by atomic mass is 35.5. The molecule has 1 aliphatic rings. The molecular weight excluding hydrogens is 358 g/mol. The van der Waals surface area contributed by atoms with Crippen LogP contribution >= 0.6 is 11.6 Å². The Morgan fingerprint density at radius 2 is 2.04 bits per heavy atom. The smallest absolute Gasteiger partial charge is 0.271 e. The van der Waals surface area contributed by atoms with E-state index >= 15 is 0 Å². The molecule has 27 heavy (non-hydrogen) atoms. The molecule has 2 aromatic rings. The van der Waals surface area contributed by atoms with Gasteiger partial charge in [0.1, 0.15) is 0 Å². The van der Waals surface area contributed by atoms with Crippen LogP contribution in [0.3, 0.4) is 0 Å². The van der Waals surface area contributed by atoms with Crippen molar-refractivity contribution in [1.82, 2.24) is 5.43 Å². The molecule has 140 valence electrons. The zero-order valence-electron chi connectivity index (χ0n) is 16.1. The maximum absolute atomic E-state index is 12.1. The number of carbonyl (C=O) groups excluding carboxylic acids is 1. The van der Waals surface area contributed by atoms with Crippen LogP contribution in [-0.2, 0) is 0 Å². The molecule has 1 heterocycles. The zero-order valence-corrected chi connectivity index (χ0v) is 16.8. The van der Waals surface area contributed by atoms with Gasteiger partial charge in [0.05, 0.1) is 11.8 Å². The van der Waals surface area contributed by atoms with Crippen LogP contribution in [0.4, 0.5) is 5.69 Å². The monoisotopic (exact) mass is 381 g/mol. The van der Waals surface area contributed by atoms with Crippen LogP contribution in [0.1, 0.15) is 49.2 Å². The first-order valence-electron chi connectivity index (χ1n) is 9.02. The third-order valence-corrected chi connectivity index (χ3v) is 5.02. The van der Waals surface area contributed by atoms with Crippen LogP contribution < -0.4 is 10.3 Å². The van der Waals surface area contributed by atoms with Crippen molar-refractivity contribution in [1.29, 1.82) is 0 Å². The number of allylic oxidation sites excluding steroid dienone is 1. The normalized spacial score (nSPS) is 15.4. The van der Waals surface area contributed by atoms with Crippen molar-refractivity contribution in [2.45, 2.75) is 33.2 Å². The minimum absolute atomic E-state index is 0.00757. The predicted octanol–water partition coefficient (Wildman–Crippen LogP) is 5.13. The molecule has 1 amide bonds. The Morgan fingerprint density at radius 1 is 1.26 bits per heavy atom. The molecule has 5 heteroatoms. The largest absolute Gasteiger partial charge is 0.363 e. The lowest BCUT2D eigenvalue weighted by Crippen LogP contribution is -2.44. The summed E-state index contributed by atoms with van der Waals surface area (Å²) in [6, 6.07) is 13.0. The van der Waals surface area contributed by atoms with Crippen LogP contribution in [0, 0.1) is 0 Å². The number of carbonyl (C=O) groups is 1. The summed E-state index contributed by atoms with van der Waals surface area (Å²) in [4.78, 5) is 14.5. The van der Waals surface area contributed by atoms with Crippen molar-refractivity contribution in [3.05, 3.63) is 70.3 Å². The lowest BCUT2D eigenvalue weighted by atomic mass is 9.88. The molecule has 0 fully saturated rings. The van der Waals surface area contributed by atoms with Crippen molar-refractivity contribution in [2.24, 2.45) is 5.10 Å². The van der Waals surface area contributed by atoms with Gasteiger partial charge in [-0.15, -0.1) is 0 Å². The Labute approximate surface area is 165 Å². The molecule has 0 atom stereocenters. The summed E-state index contributed by atoms with van der Waals surface area (Å²) in [5, 5.41) is 4.61. The van der Waals surface area contributed by atoms with Gasteiger partial charge in [-0.3, -0.25) is 4.79 Å². The molecule has 0 spiro atoms. The summed E-state index contributed by atoms with van der Waals surface area (Å²) >= 11 is 5.92. The van der Waals surface area contributed by atoms with Gasteiger partial charge in [-0.05, 0) is 69.2 Å². The zero-order chi connectivity index (χ0) is 19.6. The van der Waals surface area contributed by atoms with E-state index in [-0.39, 0.29) is 11.4 Å². The second-order valence-electron chi connectivity index (χ2n) is 7.21. The number of hydrogen-bond donors (Lipinski definition) is 1. The average Bonchev–Trinajstić information content (AvgIpc) is 2.61. The third-order valence-electron chi connectivity index (χ3n) is 4.78. The number of nitrogens with zero attached hydrogens (tertiary/aromatic N) is 2. The van der Waals surface area contributed by atoms with Gasteiger partial charge >= 0.3 is 0 Å². The molecular formula is C22H24ClN3O. The van der Waals surface area contributed by atoms with Gasteiger partial charge in [0.15, 0.2) is 0 Å². The summed E-state index contributed by atoms with van der Waals surface area (Å²) in [5.41, 5.74) is 7.62. The number of nitrogens with one attached hydrogen (secondary N) is 1. The van der Waals surface area contributed by atoms with E-state index in [0.29, 0.717) is 10.6 Å². The summed E-state index contributed by atoms with van der Waals surface area (Å²) in [5.74, 6) is -0.290.